The topological polar surface area (TPSA) is 115 Å². The fourth-order valence-electron chi connectivity index (χ4n) is 2.38. The second-order valence-electron chi connectivity index (χ2n) is 5.48. The highest BCUT2D eigenvalue weighted by atomic mass is 16.5. The summed E-state index contributed by atoms with van der Waals surface area (Å²) < 4.78 is 10.5. The van der Waals surface area contributed by atoms with E-state index in [1.54, 1.807) is 50.6 Å². The summed E-state index contributed by atoms with van der Waals surface area (Å²) in [6.07, 6.45) is 0. The second-order valence-corrected chi connectivity index (χ2v) is 5.48. The molecule has 3 rings (SSSR count). The lowest BCUT2D eigenvalue weighted by Gasteiger charge is -2.07. The predicted molar refractivity (Wildman–Crippen MR) is 96.9 cm³/mol. The van der Waals surface area contributed by atoms with Gasteiger partial charge in [-0.2, -0.15) is 5.10 Å². The molecule has 0 aliphatic carbocycles. The number of rotatable bonds is 6. The molecule has 0 bridgehead atoms. The van der Waals surface area contributed by atoms with Gasteiger partial charge in [0.2, 0.25) is 0 Å². The molecule has 2 aromatic carbocycles. The lowest BCUT2D eigenvalue weighted by molar-refractivity contribution is 0.0950. The number of benzene rings is 2. The highest BCUT2D eigenvalue weighted by Crippen LogP contribution is 2.30. The summed E-state index contributed by atoms with van der Waals surface area (Å²) in [5.74, 6) is 2.05. The first kappa shape index (κ1) is 17.3. The first-order chi connectivity index (χ1) is 12.6. The van der Waals surface area contributed by atoms with E-state index in [1.807, 2.05) is 6.07 Å². The summed E-state index contributed by atoms with van der Waals surface area (Å²) in [5.41, 5.74) is 7.52. The number of aromatic amines is 1. The lowest BCUT2D eigenvalue weighted by Crippen LogP contribution is -2.23. The summed E-state index contributed by atoms with van der Waals surface area (Å²) in [6.45, 7) is 0.226. The van der Waals surface area contributed by atoms with Gasteiger partial charge in [-0.1, -0.05) is 0 Å². The number of hydrogen-bond donors (Lipinski definition) is 3. The smallest absolute Gasteiger partial charge is 0.251 e. The fraction of sp³-hybridized carbons (Fsp3) is 0.167. The molecule has 0 saturated heterocycles. The Labute approximate surface area is 150 Å². The molecule has 8 nitrogen and oxygen atoms in total. The summed E-state index contributed by atoms with van der Waals surface area (Å²) in [7, 11) is 3.14. The van der Waals surface area contributed by atoms with Crippen molar-refractivity contribution in [3.8, 4) is 22.9 Å². The molecule has 134 valence electrons. The average molecular weight is 353 g/mol. The van der Waals surface area contributed by atoms with Crippen LogP contribution in [0.3, 0.4) is 0 Å². The molecule has 8 heteroatoms. The Kier molecular flexibility index (Phi) is 5.02. The number of nitrogen functional groups attached to an aromatic ring is 1. The Bertz CT molecular complexity index is 905. The first-order valence-corrected chi connectivity index (χ1v) is 7.88. The Hall–Kier alpha value is -3.55. The highest BCUT2D eigenvalue weighted by molar-refractivity contribution is 5.94. The number of nitrogens with two attached hydrogens (primary N) is 1. The van der Waals surface area contributed by atoms with Crippen molar-refractivity contribution in [3.63, 3.8) is 0 Å². The van der Waals surface area contributed by atoms with E-state index in [9.17, 15) is 4.79 Å². The molecule has 3 aromatic rings. The maximum absolute atomic E-state index is 12.1. The van der Waals surface area contributed by atoms with Crippen LogP contribution in [0, 0.1) is 0 Å². The van der Waals surface area contributed by atoms with E-state index in [0.717, 1.165) is 5.56 Å². The quantitative estimate of drug-likeness (QED) is 0.584. The van der Waals surface area contributed by atoms with Gasteiger partial charge in [0.05, 0.1) is 20.8 Å². The SMILES string of the molecule is COc1ccc(-c2n[nH]c(CNC(=O)c3ccc(N)cc3)n2)cc1OC. The fourth-order valence-corrected chi connectivity index (χ4v) is 2.38. The van der Waals surface area contributed by atoms with E-state index in [0.29, 0.717) is 34.4 Å². The zero-order chi connectivity index (χ0) is 18.5. The van der Waals surface area contributed by atoms with Gasteiger partial charge in [0.15, 0.2) is 17.3 Å². The maximum Gasteiger partial charge on any atom is 0.251 e. The Balaban J connectivity index is 1.68. The molecule has 1 heterocycles. The Morgan fingerprint density at radius 1 is 1.12 bits per heavy atom. The van der Waals surface area contributed by atoms with Crippen LogP contribution in [0.15, 0.2) is 42.5 Å². The molecular formula is C18H19N5O3. The number of nitrogens with zero attached hydrogens (tertiary/aromatic N) is 2. The van der Waals surface area contributed by atoms with Gasteiger partial charge in [-0.25, -0.2) is 4.98 Å². The van der Waals surface area contributed by atoms with E-state index < -0.39 is 0 Å². The number of nitrogens with one attached hydrogen (secondary N) is 2. The van der Waals surface area contributed by atoms with Crippen molar-refractivity contribution >= 4 is 11.6 Å². The Morgan fingerprint density at radius 3 is 2.54 bits per heavy atom. The van der Waals surface area contributed by atoms with E-state index in [-0.39, 0.29) is 12.5 Å². The van der Waals surface area contributed by atoms with Gasteiger partial charge in [-0.05, 0) is 42.5 Å². The van der Waals surface area contributed by atoms with Crippen LogP contribution in [0.2, 0.25) is 0 Å². The van der Waals surface area contributed by atoms with E-state index in [4.69, 9.17) is 15.2 Å². The van der Waals surface area contributed by atoms with Gasteiger partial charge in [-0.15, -0.1) is 0 Å². The van der Waals surface area contributed by atoms with Crippen LogP contribution in [0.5, 0.6) is 11.5 Å². The average Bonchev–Trinajstić information content (AvgIpc) is 3.15. The van der Waals surface area contributed by atoms with Gasteiger partial charge in [0, 0.05) is 16.8 Å². The zero-order valence-corrected chi connectivity index (χ0v) is 14.4. The Morgan fingerprint density at radius 2 is 1.85 bits per heavy atom. The zero-order valence-electron chi connectivity index (χ0n) is 14.4. The number of H-pyrrole nitrogens is 1. The summed E-state index contributed by atoms with van der Waals surface area (Å²) in [6, 6.07) is 12.1. The molecule has 0 fully saturated rings. The van der Waals surface area contributed by atoms with E-state index in [2.05, 4.69) is 20.5 Å². The van der Waals surface area contributed by atoms with Crippen molar-refractivity contribution in [1.29, 1.82) is 0 Å². The van der Waals surface area contributed by atoms with Crippen LogP contribution < -0.4 is 20.5 Å². The number of methoxy groups -OCH3 is 2. The van der Waals surface area contributed by atoms with Gasteiger partial charge in [0.25, 0.3) is 5.91 Å². The molecule has 0 aliphatic heterocycles. The first-order valence-electron chi connectivity index (χ1n) is 7.88. The van der Waals surface area contributed by atoms with Crippen LogP contribution >= 0.6 is 0 Å². The minimum absolute atomic E-state index is 0.214. The number of amides is 1. The number of aromatic nitrogens is 3. The minimum atomic E-state index is -0.214. The van der Waals surface area contributed by atoms with Crippen LogP contribution in [-0.2, 0) is 6.54 Å². The number of carbonyl (C=O) groups excluding carboxylic acids is 1. The van der Waals surface area contributed by atoms with Gasteiger partial charge in [-0.3, -0.25) is 9.89 Å². The molecule has 0 unspecified atom stereocenters. The van der Waals surface area contributed by atoms with Crippen LogP contribution in [0.25, 0.3) is 11.4 Å². The third kappa shape index (κ3) is 3.75. The molecule has 0 atom stereocenters. The summed E-state index contributed by atoms with van der Waals surface area (Å²) in [5, 5.41) is 9.78. The molecule has 0 aliphatic rings. The van der Waals surface area contributed by atoms with Gasteiger partial charge >= 0.3 is 0 Å². The van der Waals surface area contributed by atoms with Crippen molar-refractivity contribution in [3.05, 3.63) is 53.9 Å². The standard InChI is InChI=1S/C18H19N5O3/c1-25-14-8-5-12(9-15(14)26-2)17-21-16(22-23-17)10-20-18(24)11-3-6-13(19)7-4-11/h3-9H,10,19H2,1-2H3,(H,20,24)(H,21,22,23). The second kappa shape index (κ2) is 7.56. The summed E-state index contributed by atoms with van der Waals surface area (Å²) >= 11 is 0. The van der Waals surface area contributed by atoms with Crippen molar-refractivity contribution in [2.45, 2.75) is 6.54 Å². The number of anilines is 1. The normalized spacial score (nSPS) is 10.4. The third-order valence-electron chi connectivity index (χ3n) is 3.76. The number of hydrogen-bond acceptors (Lipinski definition) is 6. The molecule has 26 heavy (non-hydrogen) atoms. The molecule has 1 amide bonds. The number of carbonyl (C=O) groups is 1. The van der Waals surface area contributed by atoms with Crippen LogP contribution in [0.1, 0.15) is 16.2 Å². The van der Waals surface area contributed by atoms with Gasteiger partial charge in [0.1, 0.15) is 5.82 Å². The minimum Gasteiger partial charge on any atom is -0.493 e. The van der Waals surface area contributed by atoms with Crippen LogP contribution in [-0.4, -0.2) is 35.3 Å². The molecule has 1 aromatic heterocycles. The van der Waals surface area contributed by atoms with Crippen LogP contribution in [0.4, 0.5) is 5.69 Å². The van der Waals surface area contributed by atoms with Crippen molar-refractivity contribution in [2.75, 3.05) is 20.0 Å². The maximum atomic E-state index is 12.1. The van der Waals surface area contributed by atoms with Crippen molar-refractivity contribution < 1.29 is 14.3 Å². The third-order valence-corrected chi connectivity index (χ3v) is 3.76. The van der Waals surface area contributed by atoms with Crippen molar-refractivity contribution in [2.24, 2.45) is 0 Å². The van der Waals surface area contributed by atoms with Crippen molar-refractivity contribution in [1.82, 2.24) is 20.5 Å². The molecule has 4 N–H and O–H groups in total. The van der Waals surface area contributed by atoms with E-state index in [1.165, 1.54) is 0 Å². The summed E-state index contributed by atoms with van der Waals surface area (Å²) in [4.78, 5) is 16.5. The molecule has 0 saturated carbocycles. The highest BCUT2D eigenvalue weighted by Gasteiger charge is 2.11. The van der Waals surface area contributed by atoms with Gasteiger partial charge < -0.3 is 20.5 Å². The van der Waals surface area contributed by atoms with E-state index >= 15 is 0 Å². The molecule has 0 radical (unpaired) electrons. The molecular weight excluding hydrogens is 334 g/mol. The lowest BCUT2D eigenvalue weighted by atomic mass is 10.2. The molecule has 0 spiro atoms. The predicted octanol–water partition coefficient (Wildman–Crippen LogP) is 2.00. The largest absolute Gasteiger partial charge is 0.493 e. The number of ether oxygens (including phenoxy) is 2. The monoisotopic (exact) mass is 353 g/mol.